The van der Waals surface area contributed by atoms with Gasteiger partial charge in [0.2, 0.25) is 0 Å². The SMILES string of the molecule is CCOCOCN/N=C/c1c2c(nc3ccccc13)-c1c(N)c3c(c(=O)n1C2)COC(=O)[C@]3(O)CC. The number of nitrogens with zero attached hydrogens (tertiary/aromatic N) is 3. The second-order valence-electron chi connectivity index (χ2n) is 8.54. The molecule has 2 aliphatic rings. The molecule has 0 bridgehead atoms. The van der Waals surface area contributed by atoms with Crippen LogP contribution in [0.25, 0.3) is 22.3 Å². The number of hydrogen-bond acceptors (Lipinski definition) is 10. The Bertz CT molecular complexity index is 1450. The fourth-order valence-corrected chi connectivity index (χ4v) is 4.81. The van der Waals surface area contributed by atoms with Crippen molar-refractivity contribution in [3.63, 3.8) is 0 Å². The fourth-order valence-electron chi connectivity index (χ4n) is 4.81. The van der Waals surface area contributed by atoms with E-state index in [-0.39, 0.29) is 55.5 Å². The number of carbonyl (C=O) groups is 1. The number of carbonyl (C=O) groups excluding carboxylic acids is 1. The number of nitrogens with one attached hydrogen (secondary N) is 1. The van der Waals surface area contributed by atoms with E-state index in [9.17, 15) is 14.7 Å². The van der Waals surface area contributed by atoms with Gasteiger partial charge in [-0.05, 0) is 19.4 Å². The molecular weight excluding hydrogens is 466 g/mol. The third kappa shape index (κ3) is 3.63. The molecule has 11 heteroatoms. The van der Waals surface area contributed by atoms with E-state index < -0.39 is 11.6 Å². The lowest BCUT2D eigenvalue weighted by Crippen LogP contribution is -2.45. The Morgan fingerprint density at radius 1 is 1.28 bits per heavy atom. The van der Waals surface area contributed by atoms with Crippen LogP contribution < -0.4 is 16.7 Å². The fraction of sp³-hybridized carbons (Fsp3) is 0.360. The Labute approximate surface area is 206 Å². The molecule has 4 heterocycles. The van der Waals surface area contributed by atoms with Crippen LogP contribution in [0.5, 0.6) is 0 Å². The smallest absolute Gasteiger partial charge is 0.343 e. The van der Waals surface area contributed by atoms with Crippen LogP contribution in [0.3, 0.4) is 0 Å². The maximum atomic E-state index is 13.5. The van der Waals surface area contributed by atoms with Gasteiger partial charge in [-0.1, -0.05) is 25.1 Å². The van der Waals surface area contributed by atoms with Crippen molar-refractivity contribution in [1.29, 1.82) is 0 Å². The molecule has 0 saturated carbocycles. The van der Waals surface area contributed by atoms with Crippen molar-refractivity contribution in [2.24, 2.45) is 5.10 Å². The van der Waals surface area contributed by atoms with Gasteiger partial charge in [-0.25, -0.2) is 9.78 Å². The summed E-state index contributed by atoms with van der Waals surface area (Å²) in [6, 6.07) is 7.56. The number of cyclic esters (lactones) is 1. The lowest BCUT2D eigenvalue weighted by molar-refractivity contribution is -0.172. The summed E-state index contributed by atoms with van der Waals surface area (Å²) >= 11 is 0. The summed E-state index contributed by atoms with van der Waals surface area (Å²) in [6.07, 6.45) is 1.67. The molecule has 2 aliphatic heterocycles. The highest BCUT2D eigenvalue weighted by molar-refractivity contribution is 6.03. The molecule has 0 spiro atoms. The van der Waals surface area contributed by atoms with E-state index in [4.69, 9.17) is 24.9 Å². The summed E-state index contributed by atoms with van der Waals surface area (Å²) in [7, 11) is 0. The first-order valence-corrected chi connectivity index (χ1v) is 11.7. The first kappa shape index (κ1) is 23.9. The molecule has 36 heavy (non-hydrogen) atoms. The number of anilines is 1. The summed E-state index contributed by atoms with van der Waals surface area (Å²) < 4.78 is 17.1. The molecule has 1 atom stereocenters. The number of hydrazone groups is 1. The Balaban J connectivity index is 1.64. The van der Waals surface area contributed by atoms with Gasteiger partial charge in [0.15, 0.2) is 5.60 Å². The molecule has 0 unspecified atom stereocenters. The van der Waals surface area contributed by atoms with Gasteiger partial charge in [0.05, 0.1) is 40.9 Å². The van der Waals surface area contributed by atoms with Crippen LogP contribution in [0.2, 0.25) is 0 Å². The molecular formula is C25H27N5O6. The van der Waals surface area contributed by atoms with Gasteiger partial charge in [-0.3, -0.25) is 10.2 Å². The van der Waals surface area contributed by atoms with Crippen molar-refractivity contribution in [3.8, 4) is 11.4 Å². The summed E-state index contributed by atoms with van der Waals surface area (Å²) in [6.45, 7) is 4.35. The Kier molecular flexibility index (Phi) is 6.20. The van der Waals surface area contributed by atoms with Crippen LogP contribution in [0.1, 0.15) is 42.5 Å². The van der Waals surface area contributed by atoms with E-state index in [1.54, 1.807) is 13.1 Å². The summed E-state index contributed by atoms with van der Waals surface area (Å²) in [4.78, 5) is 30.8. The topological polar surface area (TPSA) is 150 Å². The van der Waals surface area contributed by atoms with E-state index in [0.29, 0.717) is 23.5 Å². The van der Waals surface area contributed by atoms with Crippen LogP contribution in [-0.4, -0.2) is 47.0 Å². The van der Waals surface area contributed by atoms with Gasteiger partial charge in [-0.15, -0.1) is 0 Å². The van der Waals surface area contributed by atoms with Crippen LogP contribution in [0.15, 0.2) is 34.2 Å². The third-order valence-electron chi connectivity index (χ3n) is 6.61. The maximum absolute atomic E-state index is 13.5. The second kappa shape index (κ2) is 9.34. The number of para-hydroxylation sites is 1. The predicted octanol–water partition coefficient (Wildman–Crippen LogP) is 1.55. The van der Waals surface area contributed by atoms with E-state index in [1.807, 2.05) is 31.2 Å². The monoisotopic (exact) mass is 493 g/mol. The van der Waals surface area contributed by atoms with Crippen molar-refractivity contribution in [1.82, 2.24) is 15.0 Å². The Hall–Kier alpha value is -3.80. The van der Waals surface area contributed by atoms with Crippen molar-refractivity contribution in [2.45, 2.75) is 39.0 Å². The molecule has 11 nitrogen and oxygen atoms in total. The highest BCUT2D eigenvalue weighted by Crippen LogP contribution is 2.44. The summed E-state index contributed by atoms with van der Waals surface area (Å²) in [5.74, 6) is -0.816. The lowest BCUT2D eigenvalue weighted by atomic mass is 9.84. The number of benzene rings is 1. The predicted molar refractivity (Wildman–Crippen MR) is 132 cm³/mol. The standard InChI is InChI=1S/C25H27N5O6/c1-3-25(33)19-17(11-36-24(25)32)23(31)30-10-16-15(9-27-28-12-35-13-34-4-2)14-7-5-6-8-18(14)29-21(16)22(30)20(19)26/h5-9,28,33H,3-4,10-13,26H2,1-2H3/b27-9+/t25-/m0/s1. The molecule has 3 aromatic rings. The average Bonchev–Trinajstić information content (AvgIpc) is 3.27. The number of ether oxygens (including phenoxy) is 3. The molecule has 0 radical (unpaired) electrons. The first-order chi connectivity index (χ1) is 17.4. The Morgan fingerprint density at radius 3 is 2.86 bits per heavy atom. The minimum atomic E-state index is -2.00. The normalized spacial score (nSPS) is 18.2. The van der Waals surface area contributed by atoms with Crippen molar-refractivity contribution < 1.29 is 24.1 Å². The quantitative estimate of drug-likeness (QED) is 0.109. The second-order valence-corrected chi connectivity index (χ2v) is 8.54. The number of rotatable bonds is 8. The van der Waals surface area contributed by atoms with Gasteiger partial charge in [0.25, 0.3) is 5.56 Å². The Morgan fingerprint density at radius 2 is 2.08 bits per heavy atom. The molecule has 0 aliphatic carbocycles. The van der Waals surface area contributed by atoms with E-state index >= 15 is 0 Å². The van der Waals surface area contributed by atoms with Gasteiger partial charge >= 0.3 is 5.97 Å². The highest BCUT2D eigenvalue weighted by atomic mass is 16.7. The van der Waals surface area contributed by atoms with E-state index in [1.165, 1.54) is 4.57 Å². The highest BCUT2D eigenvalue weighted by Gasteiger charge is 2.47. The van der Waals surface area contributed by atoms with Gasteiger partial charge < -0.3 is 29.6 Å². The first-order valence-electron chi connectivity index (χ1n) is 11.7. The van der Waals surface area contributed by atoms with Crippen molar-refractivity contribution in [2.75, 3.05) is 25.9 Å². The summed E-state index contributed by atoms with van der Waals surface area (Å²) in [5.41, 5.74) is 10.6. The van der Waals surface area contributed by atoms with Crippen LogP contribution in [-0.2, 0) is 37.8 Å². The van der Waals surface area contributed by atoms with Crippen molar-refractivity contribution >= 4 is 28.8 Å². The zero-order valence-electron chi connectivity index (χ0n) is 20.0. The number of hydrogen-bond donors (Lipinski definition) is 3. The molecule has 5 rings (SSSR count). The molecule has 0 amide bonds. The van der Waals surface area contributed by atoms with E-state index in [0.717, 1.165) is 16.5 Å². The molecule has 4 N–H and O–H groups in total. The number of nitrogen functional groups attached to an aromatic ring is 1. The molecule has 2 aromatic heterocycles. The maximum Gasteiger partial charge on any atom is 0.343 e. The van der Waals surface area contributed by atoms with Crippen molar-refractivity contribution in [3.05, 3.63) is 56.9 Å². The number of aromatic nitrogens is 2. The molecule has 1 aromatic carbocycles. The lowest BCUT2D eigenvalue weighted by Gasteiger charge is -2.33. The van der Waals surface area contributed by atoms with Crippen LogP contribution in [0.4, 0.5) is 5.69 Å². The number of pyridine rings is 2. The van der Waals surface area contributed by atoms with Crippen LogP contribution >= 0.6 is 0 Å². The van der Waals surface area contributed by atoms with Crippen LogP contribution in [0, 0.1) is 0 Å². The largest absolute Gasteiger partial charge is 0.458 e. The molecule has 188 valence electrons. The van der Waals surface area contributed by atoms with Gasteiger partial charge in [0, 0.05) is 28.7 Å². The number of nitrogens with two attached hydrogens (primary N) is 1. The zero-order chi connectivity index (χ0) is 25.4. The summed E-state index contributed by atoms with van der Waals surface area (Å²) in [5, 5.41) is 16.3. The minimum Gasteiger partial charge on any atom is -0.458 e. The van der Waals surface area contributed by atoms with Gasteiger partial charge in [0.1, 0.15) is 20.1 Å². The van der Waals surface area contributed by atoms with Gasteiger partial charge in [-0.2, -0.15) is 5.10 Å². The zero-order valence-corrected chi connectivity index (χ0v) is 20.0. The minimum absolute atomic E-state index is 0.0128. The third-order valence-corrected chi connectivity index (χ3v) is 6.61. The number of fused-ring (bicyclic) bond motifs is 5. The molecule has 0 saturated heterocycles. The van der Waals surface area contributed by atoms with E-state index in [2.05, 4.69) is 10.5 Å². The average molecular weight is 494 g/mol. The molecule has 0 fully saturated rings. The number of esters is 1. The number of aliphatic hydroxyl groups is 1.